The number of carbonyl (C=O) groups excluding carboxylic acids is 1. The molecule has 1 N–H and O–H groups in total. The van der Waals surface area contributed by atoms with E-state index in [-0.39, 0.29) is 5.91 Å². The van der Waals surface area contributed by atoms with Gasteiger partial charge in [-0.05, 0) is 5.41 Å². The largest absolute Gasteiger partial charge is 0.481 e. The highest BCUT2D eigenvalue weighted by Crippen LogP contribution is 2.59. The van der Waals surface area contributed by atoms with Crippen molar-refractivity contribution in [3.63, 3.8) is 0 Å². The lowest BCUT2D eigenvalue weighted by Gasteiger charge is -2.14. The number of hydrogen-bond donors (Lipinski definition) is 1. The number of hydrogen-bond acceptors (Lipinski definition) is 3. The summed E-state index contributed by atoms with van der Waals surface area (Å²) in [5, 5.41) is 13.2. The third-order valence-corrected chi connectivity index (χ3v) is 3.73. The van der Waals surface area contributed by atoms with E-state index < -0.39 is 23.2 Å². The Morgan fingerprint density at radius 2 is 2.06 bits per heavy atom. The highest BCUT2D eigenvalue weighted by molar-refractivity contribution is 6.00. The second-order valence-electron chi connectivity index (χ2n) is 5.36. The average Bonchev–Trinajstić information content (AvgIpc) is 2.63. The standard InChI is InChI=1S/C12H17N3O3/c1-12(2)8(9(12)11(17)18)10(16)15(4)7-5-6-14(3)13-7/h5-6,8-9H,1-4H3,(H,17,18)/t8-,9+/m0/s1. The maximum Gasteiger partial charge on any atom is 0.307 e. The van der Waals surface area contributed by atoms with Gasteiger partial charge in [0.2, 0.25) is 5.91 Å². The zero-order valence-corrected chi connectivity index (χ0v) is 10.9. The maximum absolute atomic E-state index is 12.3. The highest BCUT2D eigenvalue weighted by Gasteiger charge is 2.66. The van der Waals surface area contributed by atoms with E-state index in [0.717, 1.165) is 0 Å². The van der Waals surface area contributed by atoms with E-state index in [9.17, 15) is 9.59 Å². The second kappa shape index (κ2) is 3.83. The Hall–Kier alpha value is -1.85. The lowest BCUT2D eigenvalue weighted by molar-refractivity contribution is -0.140. The minimum atomic E-state index is -0.909. The predicted molar refractivity (Wildman–Crippen MR) is 65.0 cm³/mol. The molecule has 1 aliphatic rings. The van der Waals surface area contributed by atoms with E-state index in [0.29, 0.717) is 5.82 Å². The zero-order valence-electron chi connectivity index (χ0n) is 10.9. The number of aromatic nitrogens is 2. The molecule has 0 spiro atoms. The van der Waals surface area contributed by atoms with Crippen molar-refractivity contribution in [2.75, 3.05) is 11.9 Å². The topological polar surface area (TPSA) is 75.4 Å². The number of rotatable bonds is 3. The van der Waals surface area contributed by atoms with Gasteiger partial charge >= 0.3 is 5.97 Å². The molecular formula is C12H17N3O3. The molecule has 1 heterocycles. The summed E-state index contributed by atoms with van der Waals surface area (Å²) in [6.07, 6.45) is 1.74. The number of carboxylic acids is 1. The first-order valence-corrected chi connectivity index (χ1v) is 5.77. The molecule has 98 valence electrons. The van der Waals surface area contributed by atoms with Gasteiger partial charge in [-0.2, -0.15) is 5.10 Å². The molecule has 1 amide bonds. The van der Waals surface area contributed by atoms with Gasteiger partial charge < -0.3 is 5.11 Å². The Morgan fingerprint density at radius 3 is 2.44 bits per heavy atom. The van der Waals surface area contributed by atoms with Crippen LogP contribution in [-0.4, -0.2) is 33.8 Å². The van der Waals surface area contributed by atoms with Gasteiger partial charge in [0, 0.05) is 26.4 Å². The Balaban J connectivity index is 2.16. The lowest BCUT2D eigenvalue weighted by atomic mass is 10.1. The molecular weight excluding hydrogens is 234 g/mol. The molecule has 2 rings (SSSR count). The van der Waals surface area contributed by atoms with Gasteiger partial charge in [-0.25, -0.2) is 0 Å². The summed E-state index contributed by atoms with van der Waals surface area (Å²) in [4.78, 5) is 24.7. The Labute approximate surface area is 105 Å². The smallest absolute Gasteiger partial charge is 0.307 e. The van der Waals surface area contributed by atoms with Crippen LogP contribution in [0.25, 0.3) is 0 Å². The van der Waals surface area contributed by atoms with Crippen molar-refractivity contribution in [1.82, 2.24) is 9.78 Å². The molecule has 0 radical (unpaired) electrons. The van der Waals surface area contributed by atoms with Crippen molar-refractivity contribution in [3.05, 3.63) is 12.3 Å². The van der Waals surface area contributed by atoms with Gasteiger partial charge in [-0.15, -0.1) is 0 Å². The summed E-state index contributed by atoms with van der Waals surface area (Å²) in [7, 11) is 3.39. The minimum absolute atomic E-state index is 0.189. The second-order valence-corrected chi connectivity index (χ2v) is 5.36. The SMILES string of the molecule is CN(C(=O)[C@@H]1[C@H](C(=O)O)C1(C)C)c1ccn(C)n1. The van der Waals surface area contributed by atoms with Gasteiger partial charge in [-0.1, -0.05) is 13.8 Å². The minimum Gasteiger partial charge on any atom is -0.481 e. The summed E-state index contributed by atoms with van der Waals surface area (Å²) in [6, 6.07) is 1.73. The van der Waals surface area contributed by atoms with Crippen LogP contribution in [0.5, 0.6) is 0 Å². The van der Waals surface area contributed by atoms with Gasteiger partial charge in [0.05, 0.1) is 11.8 Å². The Bertz CT molecular complexity index is 506. The van der Waals surface area contributed by atoms with Gasteiger partial charge in [0.1, 0.15) is 0 Å². The van der Waals surface area contributed by atoms with Crippen LogP contribution in [0.15, 0.2) is 12.3 Å². The van der Waals surface area contributed by atoms with Crippen molar-refractivity contribution < 1.29 is 14.7 Å². The van der Waals surface area contributed by atoms with Crippen LogP contribution in [0.1, 0.15) is 13.8 Å². The third kappa shape index (κ3) is 1.77. The molecule has 18 heavy (non-hydrogen) atoms. The van der Waals surface area contributed by atoms with Crippen molar-refractivity contribution in [2.45, 2.75) is 13.8 Å². The molecule has 6 nitrogen and oxygen atoms in total. The van der Waals surface area contributed by atoms with Gasteiger partial charge in [0.25, 0.3) is 0 Å². The first kappa shape index (κ1) is 12.6. The quantitative estimate of drug-likeness (QED) is 0.859. The molecule has 0 aromatic carbocycles. The molecule has 1 aromatic heterocycles. The van der Waals surface area contributed by atoms with E-state index in [1.807, 2.05) is 0 Å². The molecule has 1 aromatic rings. The number of anilines is 1. The highest BCUT2D eigenvalue weighted by atomic mass is 16.4. The number of aliphatic carboxylic acids is 1. The van der Waals surface area contributed by atoms with Crippen LogP contribution < -0.4 is 4.90 Å². The van der Waals surface area contributed by atoms with Crippen LogP contribution in [0.3, 0.4) is 0 Å². The van der Waals surface area contributed by atoms with E-state index in [1.165, 1.54) is 4.90 Å². The number of nitrogens with zero attached hydrogens (tertiary/aromatic N) is 3. The fourth-order valence-corrected chi connectivity index (χ4v) is 2.46. The number of carboxylic acid groups (broad SMARTS) is 1. The van der Waals surface area contributed by atoms with Crippen LogP contribution in [0.2, 0.25) is 0 Å². The van der Waals surface area contributed by atoms with Crippen molar-refractivity contribution in [1.29, 1.82) is 0 Å². The summed E-state index contributed by atoms with van der Waals surface area (Å²) < 4.78 is 1.60. The predicted octanol–water partition coefficient (Wildman–Crippen LogP) is 0.740. The fourth-order valence-electron chi connectivity index (χ4n) is 2.46. The van der Waals surface area contributed by atoms with Crippen molar-refractivity contribution in [3.8, 4) is 0 Å². The molecule has 0 saturated heterocycles. The zero-order chi connectivity index (χ0) is 13.7. The summed E-state index contributed by atoms with van der Waals surface area (Å²) in [5.41, 5.74) is -0.480. The van der Waals surface area contributed by atoms with Crippen LogP contribution >= 0.6 is 0 Å². The van der Waals surface area contributed by atoms with E-state index in [2.05, 4.69) is 5.10 Å². The monoisotopic (exact) mass is 251 g/mol. The summed E-state index contributed by atoms with van der Waals surface area (Å²) >= 11 is 0. The first-order chi connectivity index (χ1) is 8.26. The normalized spacial score (nSPS) is 24.7. The van der Waals surface area contributed by atoms with Gasteiger partial charge in [0.15, 0.2) is 5.82 Å². The number of amides is 1. The summed E-state index contributed by atoms with van der Waals surface area (Å²) in [6.45, 7) is 3.61. The van der Waals surface area contributed by atoms with E-state index in [4.69, 9.17) is 5.11 Å². The number of aryl methyl sites for hydroxylation is 1. The summed E-state index contributed by atoms with van der Waals surface area (Å²) in [5.74, 6) is -1.63. The molecule has 0 aliphatic heterocycles. The molecule has 1 aliphatic carbocycles. The Kier molecular flexibility index (Phi) is 2.68. The third-order valence-electron chi connectivity index (χ3n) is 3.73. The molecule has 2 atom stereocenters. The van der Waals surface area contributed by atoms with Crippen LogP contribution in [-0.2, 0) is 16.6 Å². The Morgan fingerprint density at radius 1 is 1.44 bits per heavy atom. The van der Waals surface area contributed by atoms with Crippen molar-refractivity contribution in [2.24, 2.45) is 24.3 Å². The molecule has 1 fully saturated rings. The number of carbonyl (C=O) groups is 2. The first-order valence-electron chi connectivity index (χ1n) is 5.77. The maximum atomic E-state index is 12.3. The van der Waals surface area contributed by atoms with E-state index in [1.54, 1.807) is 44.9 Å². The van der Waals surface area contributed by atoms with Gasteiger partial charge in [-0.3, -0.25) is 19.2 Å². The van der Waals surface area contributed by atoms with Crippen LogP contribution in [0.4, 0.5) is 5.82 Å². The van der Waals surface area contributed by atoms with E-state index >= 15 is 0 Å². The lowest BCUT2D eigenvalue weighted by Crippen LogP contribution is -2.30. The molecule has 0 unspecified atom stereocenters. The molecule has 0 bridgehead atoms. The van der Waals surface area contributed by atoms with Crippen molar-refractivity contribution >= 4 is 17.7 Å². The average molecular weight is 251 g/mol. The van der Waals surface area contributed by atoms with Crippen LogP contribution in [0, 0.1) is 17.3 Å². The molecule has 6 heteroatoms. The molecule has 1 saturated carbocycles. The fraction of sp³-hybridized carbons (Fsp3) is 0.583.